The Morgan fingerprint density at radius 3 is 2.65 bits per heavy atom. The van der Waals surface area contributed by atoms with E-state index in [4.69, 9.17) is 0 Å². The molecule has 1 aliphatic carbocycles. The van der Waals surface area contributed by atoms with Crippen LogP contribution in [0.25, 0.3) is 0 Å². The fourth-order valence-corrected chi connectivity index (χ4v) is 3.13. The molecule has 0 spiro atoms. The Balaban J connectivity index is 0.00000147. The van der Waals surface area contributed by atoms with Crippen molar-refractivity contribution in [1.82, 2.24) is 10.6 Å². The standard InChI is InChI=1S/C16H22N2O.ClH/c1-16(2)8-7-14(12-5-3-4-6-13(12)16)18-15(19)11-9-17-10-11;/h3-6,11,14,17H,7-10H2,1-2H3,(H,18,19);1H. The third-order valence-electron chi connectivity index (χ3n) is 4.59. The van der Waals surface area contributed by atoms with Crippen LogP contribution < -0.4 is 10.6 Å². The molecule has 0 saturated carbocycles. The highest BCUT2D eigenvalue weighted by Gasteiger charge is 2.34. The molecule has 20 heavy (non-hydrogen) atoms. The van der Waals surface area contributed by atoms with Crippen molar-refractivity contribution in [3.05, 3.63) is 35.4 Å². The molecule has 1 atom stereocenters. The third kappa shape index (κ3) is 2.70. The highest BCUT2D eigenvalue weighted by Crippen LogP contribution is 2.41. The number of carbonyl (C=O) groups excluding carboxylic acids is 1. The van der Waals surface area contributed by atoms with Crippen LogP contribution >= 0.6 is 12.4 Å². The summed E-state index contributed by atoms with van der Waals surface area (Å²) in [4.78, 5) is 12.1. The van der Waals surface area contributed by atoms with E-state index in [1.165, 1.54) is 11.1 Å². The Kier molecular flexibility index (Phi) is 4.40. The summed E-state index contributed by atoms with van der Waals surface area (Å²) in [7, 11) is 0. The third-order valence-corrected chi connectivity index (χ3v) is 4.59. The SMILES string of the molecule is CC1(C)CCC(NC(=O)C2CNC2)c2ccccc21.Cl. The summed E-state index contributed by atoms with van der Waals surface area (Å²) in [5, 5.41) is 6.39. The van der Waals surface area contributed by atoms with E-state index < -0.39 is 0 Å². The minimum atomic E-state index is 0. The minimum Gasteiger partial charge on any atom is -0.349 e. The van der Waals surface area contributed by atoms with Crippen LogP contribution in [0.4, 0.5) is 0 Å². The van der Waals surface area contributed by atoms with Crippen molar-refractivity contribution in [3.63, 3.8) is 0 Å². The summed E-state index contributed by atoms with van der Waals surface area (Å²) in [6.07, 6.45) is 2.16. The molecule has 1 heterocycles. The second-order valence-electron chi connectivity index (χ2n) is 6.43. The summed E-state index contributed by atoms with van der Waals surface area (Å²) < 4.78 is 0. The van der Waals surface area contributed by atoms with Gasteiger partial charge in [0.2, 0.25) is 5.91 Å². The number of rotatable bonds is 2. The van der Waals surface area contributed by atoms with Crippen molar-refractivity contribution < 1.29 is 4.79 Å². The smallest absolute Gasteiger partial charge is 0.226 e. The van der Waals surface area contributed by atoms with Crippen LogP contribution in [0.15, 0.2) is 24.3 Å². The molecule has 2 N–H and O–H groups in total. The molecule has 1 fully saturated rings. The molecule has 110 valence electrons. The monoisotopic (exact) mass is 294 g/mol. The fraction of sp³-hybridized carbons (Fsp3) is 0.562. The van der Waals surface area contributed by atoms with E-state index in [0.717, 1.165) is 25.9 Å². The molecule has 2 aliphatic rings. The molecule has 1 aromatic carbocycles. The maximum atomic E-state index is 12.1. The van der Waals surface area contributed by atoms with Gasteiger partial charge in [0.1, 0.15) is 0 Å². The maximum Gasteiger partial charge on any atom is 0.226 e. The predicted molar refractivity (Wildman–Crippen MR) is 83.2 cm³/mol. The normalized spacial score (nSPS) is 24.0. The molecular formula is C16H23ClN2O. The number of amides is 1. The first-order valence-electron chi connectivity index (χ1n) is 7.18. The average molecular weight is 295 g/mol. The van der Waals surface area contributed by atoms with Crippen LogP contribution in [-0.4, -0.2) is 19.0 Å². The molecule has 3 nitrogen and oxygen atoms in total. The van der Waals surface area contributed by atoms with Crippen molar-refractivity contribution >= 4 is 18.3 Å². The van der Waals surface area contributed by atoms with Crippen molar-refractivity contribution in [2.75, 3.05) is 13.1 Å². The molecule has 1 amide bonds. The van der Waals surface area contributed by atoms with Crippen molar-refractivity contribution in [2.24, 2.45) is 5.92 Å². The first-order chi connectivity index (χ1) is 9.08. The largest absolute Gasteiger partial charge is 0.349 e. The second-order valence-corrected chi connectivity index (χ2v) is 6.43. The minimum absolute atomic E-state index is 0. The topological polar surface area (TPSA) is 41.1 Å². The number of hydrogen-bond donors (Lipinski definition) is 2. The van der Waals surface area contributed by atoms with Crippen molar-refractivity contribution in [1.29, 1.82) is 0 Å². The molecule has 1 aliphatic heterocycles. The molecule has 1 aromatic rings. The van der Waals surface area contributed by atoms with Gasteiger partial charge < -0.3 is 10.6 Å². The van der Waals surface area contributed by atoms with Crippen LogP contribution in [0.5, 0.6) is 0 Å². The van der Waals surface area contributed by atoms with Gasteiger partial charge in [-0.2, -0.15) is 0 Å². The van der Waals surface area contributed by atoms with E-state index in [9.17, 15) is 4.79 Å². The van der Waals surface area contributed by atoms with Crippen LogP contribution in [-0.2, 0) is 10.2 Å². The number of carbonyl (C=O) groups is 1. The van der Waals surface area contributed by atoms with Gasteiger partial charge in [-0.3, -0.25) is 4.79 Å². The van der Waals surface area contributed by atoms with Crippen LogP contribution in [0, 0.1) is 5.92 Å². The summed E-state index contributed by atoms with van der Waals surface area (Å²) in [5.74, 6) is 0.375. The van der Waals surface area contributed by atoms with Gasteiger partial charge in [-0.15, -0.1) is 12.4 Å². The molecule has 1 saturated heterocycles. The number of nitrogens with one attached hydrogen (secondary N) is 2. The van der Waals surface area contributed by atoms with E-state index in [1.807, 2.05) is 0 Å². The van der Waals surface area contributed by atoms with E-state index >= 15 is 0 Å². The Labute approximate surface area is 126 Å². The average Bonchev–Trinajstić information content (AvgIpc) is 2.31. The van der Waals surface area contributed by atoms with E-state index in [0.29, 0.717) is 0 Å². The lowest BCUT2D eigenvalue weighted by molar-refractivity contribution is -0.127. The van der Waals surface area contributed by atoms with E-state index in [-0.39, 0.29) is 35.7 Å². The first-order valence-corrected chi connectivity index (χ1v) is 7.18. The summed E-state index contributed by atoms with van der Waals surface area (Å²) >= 11 is 0. The van der Waals surface area contributed by atoms with Gasteiger partial charge in [0.25, 0.3) is 0 Å². The lowest BCUT2D eigenvalue weighted by atomic mass is 9.71. The lowest BCUT2D eigenvalue weighted by Gasteiger charge is -2.38. The van der Waals surface area contributed by atoms with Gasteiger partial charge in [-0.1, -0.05) is 38.1 Å². The predicted octanol–water partition coefficient (Wildman–Crippen LogP) is 2.56. The summed E-state index contributed by atoms with van der Waals surface area (Å²) in [6, 6.07) is 8.74. The Hall–Kier alpha value is -1.06. The van der Waals surface area contributed by atoms with Gasteiger partial charge in [0.05, 0.1) is 12.0 Å². The zero-order chi connectivity index (χ0) is 13.5. The number of hydrogen-bond acceptors (Lipinski definition) is 2. The number of halogens is 1. The van der Waals surface area contributed by atoms with E-state index in [2.05, 4.69) is 48.7 Å². The maximum absolute atomic E-state index is 12.1. The van der Waals surface area contributed by atoms with Gasteiger partial charge in [-0.25, -0.2) is 0 Å². The van der Waals surface area contributed by atoms with Crippen LogP contribution in [0.3, 0.4) is 0 Å². The quantitative estimate of drug-likeness (QED) is 0.880. The summed E-state index contributed by atoms with van der Waals surface area (Å²) in [5.41, 5.74) is 2.91. The zero-order valence-electron chi connectivity index (χ0n) is 12.1. The zero-order valence-corrected chi connectivity index (χ0v) is 12.9. The van der Waals surface area contributed by atoms with E-state index in [1.54, 1.807) is 0 Å². The van der Waals surface area contributed by atoms with Gasteiger partial charge in [0, 0.05) is 13.1 Å². The molecular weight excluding hydrogens is 272 g/mol. The Bertz CT molecular complexity index is 497. The van der Waals surface area contributed by atoms with Crippen molar-refractivity contribution in [3.8, 4) is 0 Å². The molecule has 4 heteroatoms. The van der Waals surface area contributed by atoms with Crippen molar-refractivity contribution in [2.45, 2.75) is 38.1 Å². The van der Waals surface area contributed by atoms with Gasteiger partial charge in [-0.05, 0) is 29.4 Å². The molecule has 3 rings (SSSR count). The fourth-order valence-electron chi connectivity index (χ4n) is 3.13. The molecule has 0 radical (unpaired) electrons. The lowest BCUT2D eigenvalue weighted by Crippen LogP contribution is -2.51. The Morgan fingerprint density at radius 2 is 2.00 bits per heavy atom. The Morgan fingerprint density at radius 1 is 1.30 bits per heavy atom. The summed E-state index contributed by atoms with van der Waals surface area (Å²) in [6.45, 7) is 6.23. The van der Waals surface area contributed by atoms with Gasteiger partial charge >= 0.3 is 0 Å². The highest BCUT2D eigenvalue weighted by molar-refractivity contribution is 5.85. The number of fused-ring (bicyclic) bond motifs is 1. The van der Waals surface area contributed by atoms with Crippen LogP contribution in [0.1, 0.15) is 43.9 Å². The van der Waals surface area contributed by atoms with Crippen LogP contribution in [0.2, 0.25) is 0 Å². The second kappa shape index (κ2) is 5.74. The molecule has 1 unspecified atom stereocenters. The molecule has 0 bridgehead atoms. The first kappa shape index (κ1) is 15.3. The van der Waals surface area contributed by atoms with Gasteiger partial charge in [0.15, 0.2) is 0 Å². The molecule has 0 aromatic heterocycles. The number of benzene rings is 1. The highest BCUT2D eigenvalue weighted by atomic mass is 35.5.